The first-order valence-corrected chi connectivity index (χ1v) is 8.89. The molecule has 24 heavy (non-hydrogen) atoms. The van der Waals surface area contributed by atoms with Gasteiger partial charge in [-0.3, -0.25) is 4.79 Å². The largest absolute Gasteiger partial charge is 0.497 e. The van der Waals surface area contributed by atoms with E-state index in [9.17, 15) is 13.2 Å². The molecule has 0 unspecified atom stereocenters. The zero-order valence-corrected chi connectivity index (χ0v) is 14.4. The van der Waals surface area contributed by atoms with E-state index >= 15 is 0 Å². The molecular formula is C17H20N2O4S. The Morgan fingerprint density at radius 3 is 2.21 bits per heavy atom. The fourth-order valence-electron chi connectivity index (χ4n) is 2.01. The maximum Gasteiger partial charge on any atom is 0.251 e. The van der Waals surface area contributed by atoms with Crippen LogP contribution in [-0.2, 0) is 10.0 Å². The summed E-state index contributed by atoms with van der Waals surface area (Å²) in [7, 11) is -2.10. The summed E-state index contributed by atoms with van der Waals surface area (Å²) in [5, 5.41) is 2.67. The summed E-state index contributed by atoms with van der Waals surface area (Å²) in [5.41, 5.74) is 1.61. The van der Waals surface area contributed by atoms with Gasteiger partial charge in [0.05, 0.1) is 12.0 Å². The van der Waals surface area contributed by atoms with E-state index in [0.29, 0.717) is 11.3 Å². The van der Waals surface area contributed by atoms with Gasteiger partial charge in [-0.25, -0.2) is 13.1 Å². The smallest absolute Gasteiger partial charge is 0.251 e. The number of methoxy groups -OCH3 is 1. The molecule has 128 valence electrons. The Hall–Kier alpha value is -2.38. The third kappa shape index (κ3) is 4.81. The number of rotatable bonds is 7. The molecule has 2 rings (SSSR count). The molecule has 0 aliphatic carbocycles. The van der Waals surface area contributed by atoms with Crippen LogP contribution >= 0.6 is 0 Å². The normalized spacial score (nSPS) is 11.1. The molecule has 0 fully saturated rings. The van der Waals surface area contributed by atoms with Crippen molar-refractivity contribution in [1.29, 1.82) is 0 Å². The van der Waals surface area contributed by atoms with Crippen molar-refractivity contribution < 1.29 is 17.9 Å². The lowest BCUT2D eigenvalue weighted by Crippen LogP contribution is -2.34. The molecule has 7 heteroatoms. The van der Waals surface area contributed by atoms with Crippen LogP contribution in [0.3, 0.4) is 0 Å². The first kappa shape index (κ1) is 18.0. The predicted octanol–water partition coefficient (Wildman–Crippen LogP) is 1.71. The summed E-state index contributed by atoms with van der Waals surface area (Å²) < 4.78 is 31.7. The molecule has 0 atom stereocenters. The quantitative estimate of drug-likeness (QED) is 0.746. The maximum absolute atomic E-state index is 12.1. The fourth-order valence-corrected chi connectivity index (χ4v) is 3.04. The van der Waals surface area contributed by atoms with E-state index in [-0.39, 0.29) is 23.9 Å². The molecule has 0 bridgehead atoms. The molecule has 0 aromatic heterocycles. The van der Waals surface area contributed by atoms with Gasteiger partial charge in [-0.1, -0.05) is 17.7 Å². The average Bonchev–Trinajstić information content (AvgIpc) is 2.59. The van der Waals surface area contributed by atoms with Gasteiger partial charge in [-0.15, -0.1) is 0 Å². The van der Waals surface area contributed by atoms with E-state index in [4.69, 9.17) is 4.74 Å². The highest BCUT2D eigenvalue weighted by Crippen LogP contribution is 2.14. The summed E-state index contributed by atoms with van der Waals surface area (Å²) in [5.74, 6) is 0.345. The number of amides is 1. The summed E-state index contributed by atoms with van der Waals surface area (Å²) in [6.07, 6.45) is 0. The number of carbonyl (C=O) groups excluding carboxylic acids is 1. The summed E-state index contributed by atoms with van der Waals surface area (Å²) in [6, 6.07) is 13.2. The first-order valence-electron chi connectivity index (χ1n) is 7.41. The zero-order valence-electron chi connectivity index (χ0n) is 13.6. The molecule has 0 heterocycles. The Morgan fingerprint density at radius 1 is 1.00 bits per heavy atom. The maximum atomic E-state index is 12.1. The van der Waals surface area contributed by atoms with Crippen molar-refractivity contribution in [1.82, 2.24) is 10.0 Å². The topological polar surface area (TPSA) is 84.5 Å². The van der Waals surface area contributed by atoms with Crippen molar-refractivity contribution in [3.63, 3.8) is 0 Å². The Bertz CT molecular complexity index is 784. The number of sulfonamides is 1. The molecule has 2 aromatic rings. The van der Waals surface area contributed by atoms with Crippen LogP contribution in [0.2, 0.25) is 0 Å². The highest BCUT2D eigenvalue weighted by atomic mass is 32.2. The molecule has 0 saturated carbocycles. The van der Waals surface area contributed by atoms with Crippen LogP contribution in [0, 0.1) is 6.92 Å². The van der Waals surface area contributed by atoms with Crippen molar-refractivity contribution in [2.75, 3.05) is 20.2 Å². The molecule has 1 amide bonds. The number of benzene rings is 2. The van der Waals surface area contributed by atoms with Crippen molar-refractivity contribution in [2.24, 2.45) is 0 Å². The number of aryl methyl sites for hydroxylation is 1. The van der Waals surface area contributed by atoms with Gasteiger partial charge in [0, 0.05) is 18.7 Å². The van der Waals surface area contributed by atoms with E-state index in [2.05, 4.69) is 10.0 Å². The second-order valence-electron chi connectivity index (χ2n) is 5.20. The average molecular weight is 348 g/mol. The minimum Gasteiger partial charge on any atom is -0.497 e. The second-order valence-corrected chi connectivity index (χ2v) is 6.96. The Labute approximate surface area is 141 Å². The zero-order chi connectivity index (χ0) is 17.6. The van der Waals surface area contributed by atoms with E-state index < -0.39 is 10.0 Å². The minimum atomic E-state index is -3.61. The summed E-state index contributed by atoms with van der Waals surface area (Å²) in [6.45, 7) is 2.24. The molecule has 0 aliphatic heterocycles. The highest BCUT2D eigenvalue weighted by molar-refractivity contribution is 7.89. The standard InChI is InChI=1S/C17H20N2O4S/c1-13-3-5-14(6-4-13)17(20)18-11-12-19-24(21,22)16-9-7-15(23-2)8-10-16/h3-10,19H,11-12H2,1-2H3,(H,18,20). The number of nitrogens with one attached hydrogen (secondary N) is 2. The lowest BCUT2D eigenvalue weighted by molar-refractivity contribution is 0.0954. The third-order valence-corrected chi connectivity index (χ3v) is 4.86. The van der Waals surface area contributed by atoms with Gasteiger partial charge in [-0.2, -0.15) is 0 Å². The lowest BCUT2D eigenvalue weighted by Gasteiger charge is -2.09. The van der Waals surface area contributed by atoms with E-state index in [0.717, 1.165) is 5.56 Å². The monoisotopic (exact) mass is 348 g/mol. The Morgan fingerprint density at radius 2 is 1.62 bits per heavy atom. The van der Waals surface area contributed by atoms with E-state index in [1.807, 2.05) is 19.1 Å². The van der Waals surface area contributed by atoms with Gasteiger partial charge in [0.15, 0.2) is 0 Å². The minimum absolute atomic E-state index is 0.103. The highest BCUT2D eigenvalue weighted by Gasteiger charge is 2.13. The van der Waals surface area contributed by atoms with Crippen LogP contribution in [0.1, 0.15) is 15.9 Å². The molecule has 0 saturated heterocycles. The van der Waals surface area contributed by atoms with Gasteiger partial charge in [0.25, 0.3) is 5.91 Å². The summed E-state index contributed by atoms with van der Waals surface area (Å²) in [4.78, 5) is 12.1. The van der Waals surface area contributed by atoms with Gasteiger partial charge < -0.3 is 10.1 Å². The number of hydrogen-bond acceptors (Lipinski definition) is 4. The Balaban J connectivity index is 1.84. The van der Waals surface area contributed by atoms with Crippen LogP contribution in [0.25, 0.3) is 0 Å². The third-order valence-electron chi connectivity index (χ3n) is 3.39. The molecule has 0 radical (unpaired) electrons. The summed E-state index contributed by atoms with van der Waals surface area (Å²) >= 11 is 0. The SMILES string of the molecule is COc1ccc(S(=O)(=O)NCCNC(=O)c2ccc(C)cc2)cc1. The van der Waals surface area contributed by atoms with Gasteiger partial charge >= 0.3 is 0 Å². The molecule has 0 aliphatic rings. The Kier molecular flexibility index (Phi) is 5.94. The number of hydrogen-bond donors (Lipinski definition) is 2. The fraction of sp³-hybridized carbons (Fsp3) is 0.235. The molecule has 2 aromatic carbocycles. The van der Waals surface area contributed by atoms with Gasteiger partial charge in [0.1, 0.15) is 5.75 Å². The van der Waals surface area contributed by atoms with Crippen molar-refractivity contribution in [3.8, 4) is 5.75 Å². The van der Waals surface area contributed by atoms with Gasteiger partial charge in [-0.05, 0) is 43.3 Å². The lowest BCUT2D eigenvalue weighted by atomic mass is 10.1. The van der Waals surface area contributed by atoms with Crippen LogP contribution < -0.4 is 14.8 Å². The van der Waals surface area contributed by atoms with Gasteiger partial charge in [0.2, 0.25) is 10.0 Å². The van der Waals surface area contributed by atoms with Crippen LogP contribution in [0.4, 0.5) is 0 Å². The number of ether oxygens (including phenoxy) is 1. The van der Waals surface area contributed by atoms with Crippen LogP contribution in [-0.4, -0.2) is 34.5 Å². The first-order chi connectivity index (χ1) is 11.4. The van der Waals surface area contributed by atoms with Crippen molar-refractivity contribution >= 4 is 15.9 Å². The van der Waals surface area contributed by atoms with E-state index in [1.54, 1.807) is 24.3 Å². The molecular weight excluding hydrogens is 328 g/mol. The van der Waals surface area contributed by atoms with Crippen LogP contribution in [0.15, 0.2) is 53.4 Å². The van der Waals surface area contributed by atoms with Crippen molar-refractivity contribution in [3.05, 3.63) is 59.7 Å². The number of carbonyl (C=O) groups is 1. The van der Waals surface area contributed by atoms with Crippen LogP contribution in [0.5, 0.6) is 5.75 Å². The molecule has 0 spiro atoms. The van der Waals surface area contributed by atoms with Crippen molar-refractivity contribution in [2.45, 2.75) is 11.8 Å². The van der Waals surface area contributed by atoms with E-state index in [1.165, 1.54) is 19.2 Å². The predicted molar refractivity (Wildman–Crippen MR) is 91.7 cm³/mol. The molecule has 6 nitrogen and oxygen atoms in total. The molecule has 2 N–H and O–H groups in total. The second kappa shape index (κ2) is 7.94.